The molecule has 0 aliphatic heterocycles. The minimum Gasteiger partial charge on any atom is -0.245 e. The van der Waals surface area contributed by atoms with Crippen molar-refractivity contribution in [3.8, 4) is 0 Å². The number of benzene rings is 3. The van der Waals surface area contributed by atoms with Gasteiger partial charge in [0, 0.05) is 21.3 Å². The van der Waals surface area contributed by atoms with Crippen LogP contribution in [0.2, 0.25) is 0 Å². The summed E-state index contributed by atoms with van der Waals surface area (Å²) < 4.78 is 50.4. The van der Waals surface area contributed by atoms with Gasteiger partial charge in [-0.3, -0.25) is 0 Å². The topological polar surface area (TPSA) is 59.9 Å². The Morgan fingerprint density at radius 3 is 2.06 bits per heavy atom. The molecule has 0 aliphatic carbocycles. The van der Waals surface area contributed by atoms with E-state index in [4.69, 9.17) is 10.7 Å². The van der Waals surface area contributed by atoms with Gasteiger partial charge in [-0.15, -0.1) is 34.4 Å². The second-order valence-corrected chi connectivity index (χ2v) is 11.6. The predicted octanol–water partition coefficient (Wildman–Crippen LogP) is 7.09. The fourth-order valence-electron chi connectivity index (χ4n) is 2.79. The van der Waals surface area contributed by atoms with E-state index in [9.17, 15) is 17.2 Å². The zero-order valence-corrected chi connectivity index (χ0v) is 20.1. The average Bonchev–Trinajstić information content (AvgIpc) is 3.44. The van der Waals surface area contributed by atoms with E-state index in [0.29, 0.717) is 15.1 Å². The molecule has 2 aromatic heterocycles. The SMILES string of the molecule is Fc1c(SCc2ccccc2)ccc2ncsc12.O=S(=O)(Cl)c1ccc2ncsc2c1F. The first-order chi connectivity index (χ1) is 15.3. The van der Waals surface area contributed by atoms with Crippen LogP contribution in [-0.4, -0.2) is 18.4 Å². The van der Waals surface area contributed by atoms with Gasteiger partial charge >= 0.3 is 0 Å². The molecule has 0 radical (unpaired) electrons. The minimum atomic E-state index is -4.03. The molecular weight excluding hydrogens is 514 g/mol. The molecule has 0 saturated heterocycles. The maximum absolute atomic E-state index is 14.2. The van der Waals surface area contributed by atoms with Gasteiger partial charge in [0.2, 0.25) is 0 Å². The number of thioether (sulfide) groups is 1. The lowest BCUT2D eigenvalue weighted by Crippen LogP contribution is -1.94. The molecule has 0 saturated carbocycles. The molecular formula is C21H13ClF2N2O2S4. The van der Waals surface area contributed by atoms with Crippen molar-refractivity contribution < 1.29 is 17.2 Å². The van der Waals surface area contributed by atoms with Gasteiger partial charge in [0.1, 0.15) is 4.90 Å². The molecule has 0 amide bonds. The van der Waals surface area contributed by atoms with Gasteiger partial charge in [-0.2, -0.15) is 0 Å². The van der Waals surface area contributed by atoms with Gasteiger partial charge in [0.15, 0.2) is 11.6 Å². The quantitative estimate of drug-likeness (QED) is 0.185. The van der Waals surface area contributed by atoms with Crippen molar-refractivity contribution in [1.29, 1.82) is 0 Å². The Balaban J connectivity index is 0.000000158. The van der Waals surface area contributed by atoms with Crippen molar-refractivity contribution in [2.75, 3.05) is 0 Å². The number of halogens is 3. The fraction of sp³-hybridized carbons (Fsp3) is 0.0476. The molecule has 0 aliphatic rings. The molecule has 164 valence electrons. The van der Waals surface area contributed by atoms with E-state index < -0.39 is 19.8 Å². The molecule has 0 bridgehead atoms. The first-order valence-corrected chi connectivity index (χ1v) is 14.0. The van der Waals surface area contributed by atoms with Crippen LogP contribution in [0.1, 0.15) is 5.56 Å². The van der Waals surface area contributed by atoms with Crippen LogP contribution in [0.4, 0.5) is 8.78 Å². The number of aromatic nitrogens is 2. The first kappa shape index (κ1) is 23.1. The van der Waals surface area contributed by atoms with Crippen molar-refractivity contribution in [2.45, 2.75) is 15.5 Å². The highest BCUT2D eigenvalue weighted by atomic mass is 35.7. The van der Waals surface area contributed by atoms with Crippen LogP contribution in [-0.2, 0) is 14.8 Å². The van der Waals surface area contributed by atoms with Gasteiger partial charge in [0.25, 0.3) is 9.05 Å². The standard InChI is InChI=1S/C14H10FNS2.C7H3ClFNO2S2/c15-13-12(7-6-11-14(13)18-9-16-11)17-8-10-4-2-1-3-5-10;8-14(11,12)5-2-1-4-7(6(5)9)13-3-10-4/h1-7,9H,8H2;1-3H. The molecule has 0 unspecified atom stereocenters. The van der Waals surface area contributed by atoms with E-state index in [2.05, 4.69) is 22.1 Å². The Hall–Kier alpha value is -2.11. The lowest BCUT2D eigenvalue weighted by atomic mass is 10.2. The molecule has 3 aromatic carbocycles. The molecule has 0 N–H and O–H groups in total. The predicted molar refractivity (Wildman–Crippen MR) is 128 cm³/mol. The van der Waals surface area contributed by atoms with Crippen LogP contribution in [0, 0.1) is 11.6 Å². The lowest BCUT2D eigenvalue weighted by Gasteiger charge is -2.03. The summed E-state index contributed by atoms with van der Waals surface area (Å²) in [5.41, 5.74) is 5.49. The van der Waals surface area contributed by atoms with Crippen LogP contribution in [0.3, 0.4) is 0 Å². The third-order valence-electron chi connectivity index (χ3n) is 4.31. The molecule has 5 rings (SSSR count). The molecule has 0 atom stereocenters. The van der Waals surface area contributed by atoms with Crippen LogP contribution < -0.4 is 0 Å². The normalized spacial score (nSPS) is 11.5. The van der Waals surface area contributed by atoms with Crippen LogP contribution >= 0.6 is 45.1 Å². The summed E-state index contributed by atoms with van der Waals surface area (Å²) in [6.07, 6.45) is 0. The average molecular weight is 527 g/mol. The van der Waals surface area contributed by atoms with E-state index in [-0.39, 0.29) is 10.5 Å². The summed E-state index contributed by atoms with van der Waals surface area (Å²) in [4.78, 5) is 8.14. The Morgan fingerprint density at radius 2 is 1.44 bits per heavy atom. The highest BCUT2D eigenvalue weighted by Gasteiger charge is 2.19. The van der Waals surface area contributed by atoms with Crippen LogP contribution in [0.15, 0.2) is 75.4 Å². The maximum Gasteiger partial charge on any atom is 0.264 e. The third kappa shape index (κ3) is 5.10. The van der Waals surface area contributed by atoms with Gasteiger partial charge < -0.3 is 0 Å². The summed E-state index contributed by atoms with van der Waals surface area (Å²) in [5.74, 6) is -0.196. The van der Waals surface area contributed by atoms with Crippen molar-refractivity contribution in [3.63, 3.8) is 0 Å². The molecule has 4 nitrogen and oxygen atoms in total. The summed E-state index contributed by atoms with van der Waals surface area (Å²) in [7, 11) is 1.02. The molecule has 5 aromatic rings. The van der Waals surface area contributed by atoms with Crippen LogP contribution in [0.5, 0.6) is 0 Å². The first-order valence-electron chi connectivity index (χ1n) is 8.99. The molecule has 32 heavy (non-hydrogen) atoms. The number of hydrogen-bond donors (Lipinski definition) is 0. The van der Waals surface area contributed by atoms with Crippen molar-refractivity contribution in [3.05, 3.63) is 82.8 Å². The second kappa shape index (κ2) is 9.80. The fourth-order valence-corrected chi connectivity index (χ4v) is 6.18. The summed E-state index contributed by atoms with van der Waals surface area (Å²) in [6.45, 7) is 0. The number of hydrogen-bond acceptors (Lipinski definition) is 7. The maximum atomic E-state index is 14.2. The van der Waals surface area contributed by atoms with Gasteiger partial charge in [-0.1, -0.05) is 30.3 Å². The number of rotatable bonds is 4. The second-order valence-electron chi connectivity index (χ2n) is 6.37. The zero-order valence-electron chi connectivity index (χ0n) is 16.0. The Labute approximate surface area is 199 Å². The molecule has 0 fully saturated rings. The Kier molecular flexibility index (Phi) is 7.06. The van der Waals surface area contributed by atoms with E-state index in [0.717, 1.165) is 28.7 Å². The molecule has 11 heteroatoms. The van der Waals surface area contributed by atoms with Crippen LogP contribution in [0.25, 0.3) is 20.4 Å². The number of fused-ring (bicyclic) bond motifs is 2. The zero-order chi connectivity index (χ0) is 22.7. The molecule has 2 heterocycles. The summed E-state index contributed by atoms with van der Waals surface area (Å²) in [5, 5.41) is 0. The third-order valence-corrected chi connectivity index (χ3v) is 8.42. The smallest absolute Gasteiger partial charge is 0.245 e. The van der Waals surface area contributed by atoms with E-state index in [1.165, 1.54) is 40.2 Å². The Bertz CT molecular complexity index is 1490. The van der Waals surface area contributed by atoms with E-state index in [1.54, 1.807) is 5.51 Å². The van der Waals surface area contributed by atoms with Crippen molar-refractivity contribution in [1.82, 2.24) is 9.97 Å². The van der Waals surface area contributed by atoms with Crippen molar-refractivity contribution in [2.24, 2.45) is 0 Å². The number of thiazole rings is 2. The van der Waals surface area contributed by atoms with Crippen molar-refractivity contribution >= 4 is 74.6 Å². The van der Waals surface area contributed by atoms with Gasteiger partial charge in [-0.25, -0.2) is 27.2 Å². The van der Waals surface area contributed by atoms with Gasteiger partial charge in [0.05, 0.1) is 31.5 Å². The highest BCUT2D eigenvalue weighted by molar-refractivity contribution is 8.13. The summed E-state index contributed by atoms with van der Waals surface area (Å²) >= 11 is 3.91. The highest BCUT2D eigenvalue weighted by Crippen LogP contribution is 2.32. The summed E-state index contributed by atoms with van der Waals surface area (Å²) in [6, 6.07) is 16.3. The Morgan fingerprint density at radius 1 is 0.844 bits per heavy atom. The lowest BCUT2D eigenvalue weighted by molar-refractivity contribution is 0.583. The minimum absolute atomic E-state index is 0.143. The monoisotopic (exact) mass is 526 g/mol. The van der Waals surface area contributed by atoms with Gasteiger partial charge in [-0.05, 0) is 29.8 Å². The number of nitrogens with zero attached hydrogens (tertiary/aromatic N) is 2. The van der Waals surface area contributed by atoms with E-state index in [1.807, 2.05) is 30.3 Å². The van der Waals surface area contributed by atoms with E-state index >= 15 is 0 Å². The largest absolute Gasteiger partial charge is 0.264 e. The molecule has 0 spiro atoms.